The minimum Gasteiger partial charge on any atom is -0.453 e. The van der Waals surface area contributed by atoms with E-state index in [2.05, 4.69) is 31.3 Å². The van der Waals surface area contributed by atoms with Gasteiger partial charge in [0.1, 0.15) is 6.54 Å². The molecule has 3 aromatic rings. The number of alkyl carbamates (subject to hydrolysis) is 1. The van der Waals surface area contributed by atoms with Crippen LogP contribution >= 0.6 is 0 Å². The number of aryl methyl sites for hydroxylation is 2. The van der Waals surface area contributed by atoms with E-state index >= 15 is 0 Å². The molecule has 2 atom stereocenters. The summed E-state index contributed by atoms with van der Waals surface area (Å²) in [4.78, 5) is 35.9. The van der Waals surface area contributed by atoms with E-state index in [-0.39, 0.29) is 30.6 Å². The van der Waals surface area contributed by atoms with Gasteiger partial charge in [-0.15, -0.1) is 0 Å². The molecule has 10 heteroatoms. The number of hydrogen-bond acceptors (Lipinski definition) is 6. The average molecular weight is 574 g/mol. The summed E-state index contributed by atoms with van der Waals surface area (Å²) in [5.41, 5.74) is 4.66. The van der Waals surface area contributed by atoms with E-state index in [0.29, 0.717) is 13.2 Å². The molecule has 10 nitrogen and oxygen atoms in total. The van der Waals surface area contributed by atoms with E-state index in [1.165, 1.54) is 7.11 Å². The lowest BCUT2D eigenvalue weighted by Gasteiger charge is -2.31. The van der Waals surface area contributed by atoms with Gasteiger partial charge in [0, 0.05) is 30.5 Å². The zero-order chi connectivity index (χ0) is 29.6. The predicted molar refractivity (Wildman–Crippen MR) is 162 cm³/mol. The van der Waals surface area contributed by atoms with Crippen LogP contribution in [0.1, 0.15) is 29.5 Å². The molecule has 1 saturated heterocycles. The number of morpholine rings is 1. The van der Waals surface area contributed by atoms with E-state index in [1.54, 1.807) is 0 Å². The summed E-state index contributed by atoms with van der Waals surface area (Å²) in [5.74, 6) is -0.323. The van der Waals surface area contributed by atoms with Gasteiger partial charge in [-0.25, -0.2) is 9.59 Å². The first-order valence-corrected chi connectivity index (χ1v) is 14.2. The summed E-state index contributed by atoms with van der Waals surface area (Å²) in [6, 6.07) is 25.3. The fraction of sp³-hybridized carbons (Fsp3) is 0.344. The number of hydrogen-bond donors (Lipinski definition) is 5. The lowest BCUT2D eigenvalue weighted by Crippen LogP contribution is -2.46. The Labute approximate surface area is 246 Å². The second kappa shape index (κ2) is 16.1. The molecule has 2 unspecified atom stereocenters. The summed E-state index contributed by atoms with van der Waals surface area (Å²) in [7, 11) is 1.25. The van der Waals surface area contributed by atoms with Crippen molar-refractivity contribution < 1.29 is 23.9 Å². The van der Waals surface area contributed by atoms with E-state index in [1.807, 2.05) is 78.9 Å². The molecule has 0 spiro atoms. The van der Waals surface area contributed by atoms with Gasteiger partial charge in [-0.05, 0) is 54.5 Å². The number of ether oxygens (including phenoxy) is 2. The van der Waals surface area contributed by atoms with Crippen molar-refractivity contribution in [2.45, 2.75) is 44.4 Å². The molecular weight excluding hydrogens is 534 g/mol. The van der Waals surface area contributed by atoms with Gasteiger partial charge >= 0.3 is 12.1 Å². The normalized spacial score (nSPS) is 16.2. The van der Waals surface area contributed by atoms with Gasteiger partial charge < -0.3 is 36.1 Å². The monoisotopic (exact) mass is 573 g/mol. The Morgan fingerprint density at radius 2 is 1.48 bits per heavy atom. The van der Waals surface area contributed by atoms with Crippen molar-refractivity contribution in [2.24, 2.45) is 0 Å². The van der Waals surface area contributed by atoms with Crippen LogP contribution in [0.3, 0.4) is 0 Å². The Morgan fingerprint density at radius 1 is 0.833 bits per heavy atom. The van der Waals surface area contributed by atoms with Crippen molar-refractivity contribution in [1.29, 1.82) is 0 Å². The van der Waals surface area contributed by atoms with Crippen molar-refractivity contribution in [3.63, 3.8) is 0 Å². The quantitative estimate of drug-likeness (QED) is 0.221. The highest BCUT2D eigenvalue weighted by Crippen LogP contribution is 2.21. The van der Waals surface area contributed by atoms with Crippen LogP contribution in [0.5, 0.6) is 0 Å². The van der Waals surface area contributed by atoms with Crippen molar-refractivity contribution >= 4 is 29.4 Å². The highest BCUT2D eigenvalue weighted by Gasteiger charge is 2.22. The number of amides is 4. The van der Waals surface area contributed by atoms with Gasteiger partial charge in [0.2, 0.25) is 5.91 Å². The molecule has 0 saturated carbocycles. The second-order valence-corrected chi connectivity index (χ2v) is 10.1. The van der Waals surface area contributed by atoms with Crippen LogP contribution in [-0.2, 0) is 33.7 Å². The number of anilines is 2. The fourth-order valence-corrected chi connectivity index (χ4v) is 4.77. The fourth-order valence-electron chi connectivity index (χ4n) is 4.77. The van der Waals surface area contributed by atoms with Gasteiger partial charge in [-0.1, -0.05) is 66.7 Å². The Balaban J connectivity index is 1.18. The summed E-state index contributed by atoms with van der Waals surface area (Å²) in [6.07, 6.45) is 2.64. The molecule has 0 radical (unpaired) electrons. The summed E-state index contributed by atoms with van der Waals surface area (Å²) in [6.45, 7) is 1.65. The highest BCUT2D eigenvalue weighted by atomic mass is 16.5. The van der Waals surface area contributed by atoms with Crippen molar-refractivity contribution in [3.05, 3.63) is 95.6 Å². The number of methoxy groups -OCH3 is 1. The third-order valence-electron chi connectivity index (χ3n) is 7.10. The minimum absolute atomic E-state index is 0.0632. The molecule has 0 aromatic heterocycles. The topological polar surface area (TPSA) is 130 Å². The van der Waals surface area contributed by atoms with E-state index in [0.717, 1.165) is 60.3 Å². The zero-order valence-electron chi connectivity index (χ0n) is 23.9. The van der Waals surface area contributed by atoms with Crippen LogP contribution in [-0.4, -0.2) is 57.0 Å². The van der Waals surface area contributed by atoms with E-state index in [9.17, 15) is 14.4 Å². The Bertz CT molecular complexity index is 1310. The van der Waals surface area contributed by atoms with Crippen LogP contribution in [0.2, 0.25) is 0 Å². The molecule has 0 bridgehead atoms. The first-order valence-electron chi connectivity index (χ1n) is 14.2. The van der Waals surface area contributed by atoms with Crippen LogP contribution in [0.4, 0.5) is 21.0 Å². The van der Waals surface area contributed by atoms with Crippen LogP contribution in [0.25, 0.3) is 0 Å². The predicted octanol–water partition coefficient (Wildman–Crippen LogP) is 4.23. The average Bonchev–Trinajstić information content (AvgIpc) is 3.03. The second-order valence-electron chi connectivity index (χ2n) is 10.1. The number of carbonyl (C=O) groups excluding carboxylic acids is 3. The third-order valence-corrected chi connectivity index (χ3v) is 7.10. The molecule has 3 aromatic carbocycles. The summed E-state index contributed by atoms with van der Waals surface area (Å²) < 4.78 is 10.7. The van der Waals surface area contributed by atoms with E-state index in [4.69, 9.17) is 4.74 Å². The van der Waals surface area contributed by atoms with Crippen molar-refractivity contribution in [1.82, 2.24) is 16.0 Å². The molecule has 5 N–H and O–H groups in total. The molecule has 222 valence electrons. The Morgan fingerprint density at radius 3 is 2.14 bits per heavy atom. The number of rotatable bonds is 12. The zero-order valence-corrected chi connectivity index (χ0v) is 23.9. The molecule has 0 aliphatic carbocycles. The molecule has 1 fully saturated rings. The summed E-state index contributed by atoms with van der Waals surface area (Å²) in [5, 5.41) is 14.7. The third kappa shape index (κ3) is 9.90. The highest BCUT2D eigenvalue weighted by molar-refractivity contribution is 5.94. The number of para-hydroxylation sites is 2. The first-order chi connectivity index (χ1) is 20.5. The van der Waals surface area contributed by atoms with Gasteiger partial charge in [-0.2, -0.15) is 0 Å². The van der Waals surface area contributed by atoms with Crippen molar-refractivity contribution in [2.75, 3.05) is 37.4 Å². The SMILES string of the molecule is COC(=O)NCC(=O)Nc1ccccc1CCC1CNC(CCc2ccccc2NC(=O)NCc2ccccc2)CO1. The lowest BCUT2D eigenvalue weighted by atomic mass is 10.0. The van der Waals surface area contributed by atoms with Gasteiger partial charge in [0.25, 0.3) is 0 Å². The maximum atomic E-state index is 12.5. The smallest absolute Gasteiger partial charge is 0.407 e. The van der Waals surface area contributed by atoms with Gasteiger partial charge in [-0.3, -0.25) is 4.79 Å². The maximum Gasteiger partial charge on any atom is 0.407 e. The molecule has 1 heterocycles. The standard InChI is InChI=1S/C32H39N5O5/c1-41-32(40)35-21-30(38)36-28-13-7-5-12-25(28)16-18-27-20-33-26(22-42-27)17-15-24-11-6-8-14-29(24)37-31(39)34-19-23-9-3-2-4-10-23/h2-14,26-27,33H,15-22H2,1H3,(H,35,40)(H,36,38)(H2,34,37,39). The molecule has 1 aliphatic rings. The lowest BCUT2D eigenvalue weighted by molar-refractivity contribution is -0.115. The van der Waals surface area contributed by atoms with E-state index < -0.39 is 6.09 Å². The maximum absolute atomic E-state index is 12.5. The Kier molecular flexibility index (Phi) is 11.7. The molecule has 4 amide bonds. The number of benzene rings is 3. The largest absolute Gasteiger partial charge is 0.453 e. The molecule has 1 aliphatic heterocycles. The van der Waals surface area contributed by atoms with Crippen LogP contribution in [0, 0.1) is 0 Å². The van der Waals surface area contributed by atoms with Gasteiger partial charge in [0.05, 0.1) is 19.8 Å². The van der Waals surface area contributed by atoms with Crippen LogP contribution < -0.4 is 26.6 Å². The number of nitrogens with one attached hydrogen (secondary N) is 5. The first kappa shape index (κ1) is 30.5. The van der Waals surface area contributed by atoms with Crippen molar-refractivity contribution in [3.8, 4) is 0 Å². The molecule has 42 heavy (non-hydrogen) atoms. The summed E-state index contributed by atoms with van der Waals surface area (Å²) >= 11 is 0. The molecular formula is C32H39N5O5. The van der Waals surface area contributed by atoms with Crippen LogP contribution in [0.15, 0.2) is 78.9 Å². The Hall–Kier alpha value is -4.41. The molecule has 4 rings (SSSR count). The number of urea groups is 1. The minimum atomic E-state index is -0.651. The number of carbonyl (C=O) groups is 3. The van der Waals surface area contributed by atoms with Gasteiger partial charge in [0.15, 0.2) is 0 Å².